The second kappa shape index (κ2) is 7.11. The highest BCUT2D eigenvalue weighted by atomic mass is 32.2. The number of methoxy groups -OCH3 is 1. The molecule has 0 aromatic heterocycles. The number of likely N-dealkylation sites (N-methyl/N-ethyl adjacent to an activating group) is 1. The molecular formula is C17H26N2O4S. The third-order valence-corrected chi connectivity index (χ3v) is 6.14. The summed E-state index contributed by atoms with van der Waals surface area (Å²) in [6, 6.07) is 5.94. The van der Waals surface area contributed by atoms with E-state index in [4.69, 9.17) is 4.74 Å². The van der Waals surface area contributed by atoms with Crippen molar-refractivity contribution in [1.29, 1.82) is 0 Å². The average molecular weight is 354 g/mol. The molecule has 1 aliphatic rings. The van der Waals surface area contributed by atoms with E-state index in [1.807, 2.05) is 37.1 Å². The number of ether oxygens (including phenoxy) is 1. The maximum Gasteiger partial charge on any atom is 0.234 e. The van der Waals surface area contributed by atoms with E-state index in [0.29, 0.717) is 13.0 Å². The highest BCUT2D eigenvalue weighted by Gasteiger charge is 2.39. The highest BCUT2D eigenvalue weighted by molar-refractivity contribution is 7.91. The molecule has 0 spiro atoms. The molecule has 2 rings (SSSR count). The molecule has 0 radical (unpaired) electrons. The Morgan fingerprint density at radius 1 is 1.42 bits per heavy atom. The largest absolute Gasteiger partial charge is 0.496 e. The average Bonchev–Trinajstić information content (AvgIpc) is 2.72. The van der Waals surface area contributed by atoms with Gasteiger partial charge >= 0.3 is 0 Å². The maximum absolute atomic E-state index is 12.3. The number of hydrogen-bond donors (Lipinski definition) is 1. The Morgan fingerprint density at radius 3 is 2.71 bits per heavy atom. The SMILES string of the molecule is COc1ccc(C)cc1CN(C)CC(=O)N[C@]1(C)CCS(=O)(=O)C1. The lowest BCUT2D eigenvalue weighted by Crippen LogP contribution is -2.49. The molecule has 6 nitrogen and oxygen atoms in total. The van der Waals surface area contributed by atoms with Gasteiger partial charge in [0.2, 0.25) is 5.91 Å². The predicted molar refractivity (Wildman–Crippen MR) is 93.9 cm³/mol. The van der Waals surface area contributed by atoms with Gasteiger partial charge in [-0.3, -0.25) is 9.69 Å². The second-order valence-electron chi connectivity index (χ2n) is 6.94. The van der Waals surface area contributed by atoms with Gasteiger partial charge in [0.15, 0.2) is 9.84 Å². The van der Waals surface area contributed by atoms with Gasteiger partial charge in [0, 0.05) is 12.1 Å². The van der Waals surface area contributed by atoms with Gasteiger partial charge in [0.05, 0.1) is 30.7 Å². The van der Waals surface area contributed by atoms with E-state index >= 15 is 0 Å². The Hall–Kier alpha value is -1.60. The summed E-state index contributed by atoms with van der Waals surface area (Å²) in [5.41, 5.74) is 1.49. The van der Waals surface area contributed by atoms with Crippen LogP contribution in [0.2, 0.25) is 0 Å². The Bertz CT molecular complexity index is 717. The van der Waals surface area contributed by atoms with Crippen LogP contribution in [0.25, 0.3) is 0 Å². The molecule has 1 heterocycles. The lowest BCUT2D eigenvalue weighted by Gasteiger charge is -2.26. The molecule has 7 heteroatoms. The fourth-order valence-electron chi connectivity index (χ4n) is 3.11. The van der Waals surface area contributed by atoms with Crippen LogP contribution in [0.3, 0.4) is 0 Å². The predicted octanol–water partition coefficient (Wildman–Crippen LogP) is 1.13. The van der Waals surface area contributed by atoms with Crippen molar-refractivity contribution in [3.05, 3.63) is 29.3 Å². The molecule has 1 aliphatic heterocycles. The topological polar surface area (TPSA) is 75.7 Å². The van der Waals surface area contributed by atoms with Gasteiger partial charge in [-0.25, -0.2) is 8.42 Å². The molecule has 134 valence electrons. The summed E-state index contributed by atoms with van der Waals surface area (Å²) in [5, 5.41) is 2.88. The normalized spacial score (nSPS) is 22.5. The smallest absolute Gasteiger partial charge is 0.234 e. The van der Waals surface area contributed by atoms with Gasteiger partial charge in [-0.2, -0.15) is 0 Å². The Kier molecular flexibility index (Phi) is 5.55. The van der Waals surface area contributed by atoms with Crippen molar-refractivity contribution in [3.63, 3.8) is 0 Å². The van der Waals surface area contributed by atoms with Crippen LogP contribution in [-0.4, -0.2) is 57.0 Å². The van der Waals surface area contributed by atoms with Crippen LogP contribution >= 0.6 is 0 Å². The molecule has 1 aromatic carbocycles. The van der Waals surface area contributed by atoms with E-state index in [2.05, 4.69) is 5.32 Å². The Balaban J connectivity index is 1.94. The fourth-order valence-corrected chi connectivity index (χ4v) is 5.20. The van der Waals surface area contributed by atoms with E-state index in [1.54, 1.807) is 14.0 Å². The zero-order valence-corrected chi connectivity index (χ0v) is 15.6. The van der Waals surface area contributed by atoms with Gasteiger partial charge in [-0.05, 0) is 33.4 Å². The fraction of sp³-hybridized carbons (Fsp3) is 0.588. The van der Waals surface area contributed by atoms with Gasteiger partial charge in [0.25, 0.3) is 0 Å². The second-order valence-corrected chi connectivity index (χ2v) is 9.12. The highest BCUT2D eigenvalue weighted by Crippen LogP contribution is 2.23. The minimum atomic E-state index is -3.04. The minimum Gasteiger partial charge on any atom is -0.496 e. The van der Waals surface area contributed by atoms with E-state index in [0.717, 1.165) is 16.9 Å². The van der Waals surface area contributed by atoms with E-state index < -0.39 is 15.4 Å². The van der Waals surface area contributed by atoms with E-state index in [1.165, 1.54) is 0 Å². The Labute approximate surface area is 144 Å². The number of nitrogens with one attached hydrogen (secondary N) is 1. The standard InChI is InChI=1S/C17H26N2O4S/c1-13-5-6-15(23-4)14(9-13)10-19(3)11-16(20)18-17(2)7-8-24(21,22)12-17/h5-6,9H,7-8,10-12H2,1-4H3,(H,18,20)/t17-/m1/s1. The van der Waals surface area contributed by atoms with Gasteiger partial charge in [-0.1, -0.05) is 17.7 Å². The number of sulfone groups is 1. The van der Waals surface area contributed by atoms with Crippen molar-refractivity contribution in [2.24, 2.45) is 0 Å². The number of carbonyl (C=O) groups is 1. The van der Waals surface area contributed by atoms with Crippen molar-refractivity contribution < 1.29 is 17.9 Å². The summed E-state index contributed by atoms with van der Waals surface area (Å²) in [6.07, 6.45) is 0.469. The van der Waals surface area contributed by atoms with Crippen molar-refractivity contribution in [2.75, 3.05) is 32.2 Å². The molecule has 0 unspecified atom stereocenters. The number of benzene rings is 1. The van der Waals surface area contributed by atoms with Gasteiger partial charge in [0.1, 0.15) is 5.75 Å². The molecule has 1 aromatic rings. The summed E-state index contributed by atoms with van der Waals surface area (Å²) >= 11 is 0. The molecule has 1 N–H and O–H groups in total. The van der Waals surface area contributed by atoms with Crippen molar-refractivity contribution in [3.8, 4) is 5.75 Å². The number of hydrogen-bond acceptors (Lipinski definition) is 5. The van der Waals surface area contributed by atoms with Gasteiger partial charge < -0.3 is 10.1 Å². The number of amides is 1. The first-order valence-electron chi connectivity index (χ1n) is 7.96. The zero-order chi connectivity index (χ0) is 18.0. The van der Waals surface area contributed by atoms with Crippen LogP contribution in [-0.2, 0) is 21.2 Å². The van der Waals surface area contributed by atoms with Crippen LogP contribution in [0, 0.1) is 6.92 Å². The third kappa shape index (κ3) is 4.95. The quantitative estimate of drug-likeness (QED) is 0.829. The molecule has 0 aliphatic carbocycles. The first-order chi connectivity index (χ1) is 11.1. The summed E-state index contributed by atoms with van der Waals surface area (Å²) in [6.45, 7) is 4.58. The molecule has 1 fully saturated rings. The number of nitrogens with zero attached hydrogens (tertiary/aromatic N) is 1. The number of aryl methyl sites for hydroxylation is 1. The number of carbonyl (C=O) groups excluding carboxylic acids is 1. The molecule has 0 bridgehead atoms. The van der Waals surface area contributed by atoms with E-state index in [-0.39, 0.29) is 24.0 Å². The van der Waals surface area contributed by atoms with Crippen LogP contribution in [0.15, 0.2) is 18.2 Å². The van der Waals surface area contributed by atoms with Crippen molar-refractivity contribution in [1.82, 2.24) is 10.2 Å². The Morgan fingerprint density at radius 2 is 2.12 bits per heavy atom. The first kappa shape index (κ1) is 18.7. The first-order valence-corrected chi connectivity index (χ1v) is 9.78. The molecule has 1 saturated heterocycles. The van der Waals surface area contributed by atoms with Gasteiger partial charge in [-0.15, -0.1) is 0 Å². The minimum absolute atomic E-state index is 0.0150. The summed E-state index contributed by atoms with van der Waals surface area (Å²) in [7, 11) is 0.448. The van der Waals surface area contributed by atoms with Crippen molar-refractivity contribution in [2.45, 2.75) is 32.4 Å². The van der Waals surface area contributed by atoms with Crippen LogP contribution in [0.5, 0.6) is 5.75 Å². The maximum atomic E-state index is 12.3. The zero-order valence-electron chi connectivity index (χ0n) is 14.8. The monoisotopic (exact) mass is 354 g/mol. The molecule has 0 saturated carbocycles. The molecule has 24 heavy (non-hydrogen) atoms. The number of rotatable bonds is 6. The van der Waals surface area contributed by atoms with Crippen LogP contribution < -0.4 is 10.1 Å². The molecular weight excluding hydrogens is 328 g/mol. The molecule has 1 amide bonds. The van der Waals surface area contributed by atoms with Crippen LogP contribution in [0.4, 0.5) is 0 Å². The molecule has 1 atom stereocenters. The van der Waals surface area contributed by atoms with Crippen molar-refractivity contribution >= 4 is 15.7 Å². The summed E-state index contributed by atoms with van der Waals surface area (Å²) in [5.74, 6) is 0.784. The summed E-state index contributed by atoms with van der Waals surface area (Å²) < 4.78 is 28.6. The van der Waals surface area contributed by atoms with Crippen LogP contribution in [0.1, 0.15) is 24.5 Å². The third-order valence-electron chi connectivity index (χ3n) is 4.23. The lowest BCUT2D eigenvalue weighted by atomic mass is 10.0. The lowest BCUT2D eigenvalue weighted by molar-refractivity contribution is -0.123. The van der Waals surface area contributed by atoms with E-state index in [9.17, 15) is 13.2 Å². The summed E-state index contributed by atoms with van der Waals surface area (Å²) in [4.78, 5) is 14.1.